The molecule has 1 aliphatic rings. The van der Waals surface area contributed by atoms with E-state index in [1.807, 2.05) is 23.5 Å². The normalized spacial score (nSPS) is 13.0. The van der Waals surface area contributed by atoms with Crippen LogP contribution in [0.2, 0.25) is 0 Å². The van der Waals surface area contributed by atoms with Gasteiger partial charge in [0.25, 0.3) is 5.91 Å². The Labute approximate surface area is 189 Å². The van der Waals surface area contributed by atoms with Crippen molar-refractivity contribution in [2.24, 2.45) is 0 Å². The first kappa shape index (κ1) is 20.3. The number of hydrogen-bond donors (Lipinski definition) is 1. The maximum Gasteiger partial charge on any atom is 0.255 e. The zero-order valence-electron chi connectivity index (χ0n) is 17.6. The summed E-state index contributed by atoms with van der Waals surface area (Å²) in [5.41, 5.74) is 3.90. The lowest BCUT2D eigenvalue weighted by Crippen LogP contribution is -2.29. The summed E-state index contributed by atoms with van der Waals surface area (Å²) in [6.07, 6.45) is 1.08. The van der Waals surface area contributed by atoms with Gasteiger partial charge in [-0.1, -0.05) is 5.16 Å². The number of ether oxygens (including phenoxy) is 1. The van der Waals surface area contributed by atoms with Crippen molar-refractivity contribution in [1.82, 2.24) is 10.1 Å². The molecule has 0 atom stereocenters. The van der Waals surface area contributed by atoms with E-state index in [-0.39, 0.29) is 12.5 Å². The fourth-order valence-corrected chi connectivity index (χ4v) is 4.57. The van der Waals surface area contributed by atoms with Gasteiger partial charge in [0.15, 0.2) is 6.61 Å². The van der Waals surface area contributed by atoms with Crippen molar-refractivity contribution < 1.29 is 14.1 Å². The monoisotopic (exact) mass is 446 g/mol. The molecule has 2 aromatic carbocycles. The quantitative estimate of drug-likeness (QED) is 0.457. The molecule has 32 heavy (non-hydrogen) atoms. The molecule has 0 unspecified atom stereocenters. The molecule has 162 valence electrons. The Bertz CT molecular complexity index is 1210. The summed E-state index contributed by atoms with van der Waals surface area (Å²) in [6.45, 7) is 3.88. The van der Waals surface area contributed by atoms with Crippen LogP contribution in [-0.2, 0) is 19.6 Å². The minimum atomic E-state index is -0.168. The molecular weight excluding hydrogens is 424 g/mol. The number of fused-ring (bicyclic) bond motifs is 1. The Hall–Kier alpha value is -3.65. The Morgan fingerprint density at radius 2 is 1.97 bits per heavy atom. The zero-order valence-corrected chi connectivity index (χ0v) is 18.4. The number of benzene rings is 2. The third-order valence-corrected chi connectivity index (χ3v) is 6.38. The van der Waals surface area contributed by atoms with E-state index in [2.05, 4.69) is 43.9 Å². The number of aromatic nitrogens is 2. The van der Waals surface area contributed by atoms with E-state index in [0.717, 1.165) is 30.9 Å². The van der Waals surface area contributed by atoms with E-state index in [4.69, 9.17) is 9.26 Å². The highest BCUT2D eigenvalue weighted by Gasteiger charge is 2.17. The van der Waals surface area contributed by atoms with Crippen molar-refractivity contribution in [3.63, 3.8) is 0 Å². The van der Waals surface area contributed by atoms with Gasteiger partial charge < -0.3 is 19.5 Å². The minimum absolute atomic E-state index is 0.168. The summed E-state index contributed by atoms with van der Waals surface area (Å²) in [6, 6.07) is 17.2. The van der Waals surface area contributed by atoms with Gasteiger partial charge in [-0.15, -0.1) is 11.3 Å². The number of aryl methyl sites for hydroxylation is 1. The molecule has 3 heterocycles. The topological polar surface area (TPSA) is 80.5 Å². The molecule has 0 spiro atoms. The minimum Gasteiger partial charge on any atom is -0.485 e. The molecule has 0 saturated heterocycles. The summed E-state index contributed by atoms with van der Waals surface area (Å²) in [5, 5.41) is 8.91. The lowest BCUT2D eigenvalue weighted by molar-refractivity contribution is 0.102. The molecule has 1 amide bonds. The molecule has 1 aliphatic heterocycles. The van der Waals surface area contributed by atoms with Gasteiger partial charge in [0.2, 0.25) is 11.7 Å². The van der Waals surface area contributed by atoms with E-state index in [1.54, 1.807) is 31.2 Å². The number of thiophene rings is 1. The standard InChI is InChI=1S/C24H22N4O3S/c1-16-25-23(27-31-16)15-30-21-8-2-17(3-9-21)24(29)26-19-4-6-20(7-5-19)28-12-10-22-18(14-28)11-13-32-22/h2-9,11,13H,10,12,14-15H2,1H3,(H,26,29). The first-order valence-corrected chi connectivity index (χ1v) is 11.3. The van der Waals surface area contributed by atoms with Crippen LogP contribution >= 0.6 is 11.3 Å². The van der Waals surface area contributed by atoms with Gasteiger partial charge in [0.05, 0.1) is 0 Å². The highest BCUT2D eigenvalue weighted by molar-refractivity contribution is 7.10. The number of carbonyl (C=O) groups is 1. The number of carbonyl (C=O) groups excluding carboxylic acids is 1. The maximum atomic E-state index is 12.6. The van der Waals surface area contributed by atoms with Crippen molar-refractivity contribution in [2.45, 2.75) is 26.5 Å². The number of nitrogens with zero attached hydrogens (tertiary/aromatic N) is 3. The van der Waals surface area contributed by atoms with E-state index >= 15 is 0 Å². The first-order valence-electron chi connectivity index (χ1n) is 10.4. The van der Waals surface area contributed by atoms with E-state index in [0.29, 0.717) is 23.0 Å². The largest absolute Gasteiger partial charge is 0.485 e. The molecule has 0 saturated carbocycles. The molecular formula is C24H22N4O3S. The second kappa shape index (κ2) is 8.84. The summed E-state index contributed by atoms with van der Waals surface area (Å²) < 4.78 is 10.5. The van der Waals surface area contributed by atoms with Gasteiger partial charge in [-0.05, 0) is 72.0 Å². The van der Waals surface area contributed by atoms with Crippen LogP contribution in [0.3, 0.4) is 0 Å². The zero-order chi connectivity index (χ0) is 21.9. The van der Waals surface area contributed by atoms with Crippen LogP contribution in [0, 0.1) is 6.92 Å². The lowest BCUT2D eigenvalue weighted by Gasteiger charge is -2.29. The van der Waals surface area contributed by atoms with Gasteiger partial charge in [-0.2, -0.15) is 4.98 Å². The van der Waals surface area contributed by atoms with Crippen LogP contribution in [0.25, 0.3) is 0 Å². The predicted octanol–water partition coefficient (Wildman–Crippen LogP) is 4.83. The third-order valence-electron chi connectivity index (χ3n) is 5.35. The molecule has 0 fully saturated rings. The molecule has 1 N–H and O–H groups in total. The number of amides is 1. The first-order chi connectivity index (χ1) is 15.6. The summed E-state index contributed by atoms with van der Waals surface area (Å²) in [7, 11) is 0. The fourth-order valence-electron chi connectivity index (χ4n) is 3.68. The summed E-state index contributed by atoms with van der Waals surface area (Å²) >= 11 is 1.84. The summed E-state index contributed by atoms with van der Waals surface area (Å²) in [5.74, 6) is 1.44. The second-order valence-corrected chi connectivity index (χ2v) is 8.58. The van der Waals surface area contributed by atoms with Crippen LogP contribution in [0.4, 0.5) is 11.4 Å². The average Bonchev–Trinajstić information content (AvgIpc) is 3.46. The van der Waals surface area contributed by atoms with Gasteiger partial charge in [0.1, 0.15) is 5.75 Å². The number of hydrogen-bond acceptors (Lipinski definition) is 7. The lowest BCUT2D eigenvalue weighted by atomic mass is 10.1. The SMILES string of the molecule is Cc1nc(COc2ccc(C(=O)Nc3ccc(N4CCc5sccc5C4)cc3)cc2)no1. The smallest absolute Gasteiger partial charge is 0.255 e. The molecule has 7 nitrogen and oxygen atoms in total. The van der Waals surface area contributed by atoms with Crippen molar-refractivity contribution >= 4 is 28.6 Å². The van der Waals surface area contributed by atoms with Crippen LogP contribution < -0.4 is 15.0 Å². The Balaban J connectivity index is 1.17. The van der Waals surface area contributed by atoms with Gasteiger partial charge in [0, 0.05) is 41.8 Å². The van der Waals surface area contributed by atoms with Crippen LogP contribution in [0.15, 0.2) is 64.5 Å². The van der Waals surface area contributed by atoms with Crippen LogP contribution in [-0.4, -0.2) is 22.6 Å². The maximum absolute atomic E-state index is 12.6. The number of rotatable bonds is 6. The highest BCUT2D eigenvalue weighted by atomic mass is 32.1. The van der Waals surface area contributed by atoms with Crippen molar-refractivity contribution in [3.05, 3.63) is 87.7 Å². The highest BCUT2D eigenvalue weighted by Crippen LogP contribution is 2.28. The second-order valence-electron chi connectivity index (χ2n) is 7.58. The molecule has 0 radical (unpaired) electrons. The molecule has 4 aromatic rings. The average molecular weight is 447 g/mol. The third kappa shape index (κ3) is 4.50. The molecule has 8 heteroatoms. The Morgan fingerprint density at radius 1 is 1.16 bits per heavy atom. The van der Waals surface area contributed by atoms with E-state index < -0.39 is 0 Å². The van der Waals surface area contributed by atoms with E-state index in [9.17, 15) is 4.79 Å². The van der Waals surface area contributed by atoms with Gasteiger partial charge in [-0.3, -0.25) is 4.79 Å². The molecule has 5 rings (SSSR count). The van der Waals surface area contributed by atoms with Gasteiger partial charge in [-0.25, -0.2) is 0 Å². The molecule has 0 aliphatic carbocycles. The Morgan fingerprint density at radius 3 is 2.72 bits per heavy atom. The number of nitrogens with one attached hydrogen (secondary N) is 1. The number of anilines is 2. The Kier molecular flexibility index (Phi) is 5.60. The van der Waals surface area contributed by atoms with Gasteiger partial charge >= 0.3 is 0 Å². The van der Waals surface area contributed by atoms with Crippen LogP contribution in [0.1, 0.15) is 32.5 Å². The predicted molar refractivity (Wildman–Crippen MR) is 123 cm³/mol. The summed E-state index contributed by atoms with van der Waals surface area (Å²) in [4.78, 5) is 20.6. The van der Waals surface area contributed by atoms with Crippen molar-refractivity contribution in [2.75, 3.05) is 16.8 Å². The van der Waals surface area contributed by atoms with E-state index in [1.165, 1.54) is 10.4 Å². The molecule has 0 bridgehead atoms. The molecule has 2 aromatic heterocycles. The van der Waals surface area contributed by atoms with Crippen molar-refractivity contribution in [1.29, 1.82) is 0 Å². The van der Waals surface area contributed by atoms with Crippen molar-refractivity contribution in [3.8, 4) is 5.75 Å². The fraction of sp³-hybridized carbons (Fsp3) is 0.208. The van der Waals surface area contributed by atoms with Crippen LogP contribution in [0.5, 0.6) is 5.75 Å².